The number of ether oxygens (including phenoxy) is 2. The van der Waals surface area contributed by atoms with Gasteiger partial charge in [0.15, 0.2) is 11.5 Å². The molecule has 8 nitrogen and oxygen atoms in total. The lowest BCUT2D eigenvalue weighted by atomic mass is 10.1. The van der Waals surface area contributed by atoms with Crippen LogP contribution in [0, 0.1) is 0 Å². The first-order chi connectivity index (χ1) is 13.0. The summed E-state index contributed by atoms with van der Waals surface area (Å²) in [5.74, 6) is -1.61. The van der Waals surface area contributed by atoms with Crippen LogP contribution in [-0.4, -0.2) is 30.4 Å². The lowest BCUT2D eigenvalue weighted by molar-refractivity contribution is -0.123. The number of rotatable bonds is 5. The zero-order valence-corrected chi connectivity index (χ0v) is 14.9. The molecule has 0 aliphatic carbocycles. The Morgan fingerprint density at radius 2 is 1.85 bits per heavy atom. The Balaban J connectivity index is 1.88. The van der Waals surface area contributed by atoms with Gasteiger partial charge in [0, 0.05) is 0 Å². The number of carbonyl (C=O) groups excluding carboxylic acids is 4. The van der Waals surface area contributed by atoms with E-state index in [9.17, 15) is 19.2 Å². The summed E-state index contributed by atoms with van der Waals surface area (Å²) < 4.78 is 10.9. The number of esters is 1. The molecule has 2 N–H and O–H groups in total. The second kappa shape index (κ2) is 7.83. The number of carbonyl (C=O) groups is 4. The van der Waals surface area contributed by atoms with Gasteiger partial charge in [-0.05, 0) is 42.1 Å². The van der Waals surface area contributed by atoms with Gasteiger partial charge in [-0.25, -0.2) is 9.59 Å². The molecule has 1 aromatic carbocycles. The molecule has 0 saturated carbocycles. The average Bonchev–Trinajstić information content (AvgIpc) is 3.15. The smallest absolute Gasteiger partial charge is 0.353 e. The quantitative estimate of drug-likeness (QED) is 0.352. The third-order valence-electron chi connectivity index (χ3n) is 3.45. The number of urea groups is 1. The first kappa shape index (κ1) is 18.3. The van der Waals surface area contributed by atoms with Gasteiger partial charge in [0.2, 0.25) is 0 Å². The van der Waals surface area contributed by atoms with E-state index in [1.807, 2.05) is 10.6 Å². The van der Waals surface area contributed by atoms with E-state index in [0.29, 0.717) is 17.0 Å². The number of benzene rings is 1. The Hall–Kier alpha value is -3.46. The number of nitrogens with one attached hydrogen (secondary N) is 2. The van der Waals surface area contributed by atoms with E-state index in [-0.39, 0.29) is 17.1 Å². The van der Waals surface area contributed by atoms with Gasteiger partial charge >= 0.3 is 12.0 Å². The van der Waals surface area contributed by atoms with Gasteiger partial charge in [-0.1, -0.05) is 12.1 Å². The Morgan fingerprint density at radius 3 is 2.48 bits per heavy atom. The van der Waals surface area contributed by atoms with Crippen molar-refractivity contribution < 1.29 is 28.7 Å². The molecule has 1 aliphatic rings. The maximum atomic E-state index is 12.1. The SMILES string of the molecule is CCOc1cc(C=C2C(=O)NC(=O)NC2=O)ccc1OC(=O)c1cccs1. The van der Waals surface area contributed by atoms with Gasteiger partial charge in [-0.3, -0.25) is 20.2 Å². The molecule has 1 saturated heterocycles. The highest BCUT2D eigenvalue weighted by molar-refractivity contribution is 7.12. The monoisotopic (exact) mass is 386 g/mol. The van der Waals surface area contributed by atoms with Crippen molar-refractivity contribution >= 4 is 41.2 Å². The lowest BCUT2D eigenvalue weighted by Crippen LogP contribution is -2.51. The molecule has 138 valence electrons. The van der Waals surface area contributed by atoms with Crippen LogP contribution in [0.2, 0.25) is 0 Å². The minimum Gasteiger partial charge on any atom is -0.490 e. The van der Waals surface area contributed by atoms with Crippen molar-refractivity contribution in [2.45, 2.75) is 6.92 Å². The second-order valence-electron chi connectivity index (χ2n) is 5.30. The molecule has 0 bridgehead atoms. The lowest BCUT2D eigenvalue weighted by Gasteiger charge is -2.14. The van der Waals surface area contributed by atoms with Crippen LogP contribution in [0.4, 0.5) is 4.79 Å². The van der Waals surface area contributed by atoms with E-state index in [1.165, 1.54) is 29.5 Å². The standard InChI is InChI=1S/C18H14N2O6S/c1-2-25-13-9-10(8-11-15(21)19-18(24)20-16(11)22)5-6-12(13)26-17(23)14-4-3-7-27-14/h3-9H,2H2,1H3,(H2,19,20,21,22,24). The van der Waals surface area contributed by atoms with Crippen LogP contribution in [0.1, 0.15) is 22.2 Å². The van der Waals surface area contributed by atoms with E-state index >= 15 is 0 Å². The minimum atomic E-state index is -0.868. The molecule has 0 unspecified atom stereocenters. The molecule has 27 heavy (non-hydrogen) atoms. The van der Waals surface area contributed by atoms with Gasteiger partial charge in [0.1, 0.15) is 10.5 Å². The topological polar surface area (TPSA) is 111 Å². The van der Waals surface area contributed by atoms with Crippen molar-refractivity contribution in [2.75, 3.05) is 6.61 Å². The fourth-order valence-corrected chi connectivity index (χ4v) is 2.88. The molecule has 1 fully saturated rings. The largest absolute Gasteiger partial charge is 0.490 e. The summed E-state index contributed by atoms with van der Waals surface area (Å²) in [6, 6.07) is 7.12. The normalized spacial score (nSPS) is 13.7. The predicted octanol–water partition coefficient (Wildman–Crippen LogP) is 2.12. The number of thiophene rings is 1. The highest BCUT2D eigenvalue weighted by Gasteiger charge is 2.27. The summed E-state index contributed by atoms with van der Waals surface area (Å²) in [5.41, 5.74) is 0.240. The molecule has 2 heterocycles. The first-order valence-electron chi connectivity index (χ1n) is 7.89. The summed E-state index contributed by atoms with van der Waals surface area (Å²) in [6.45, 7) is 2.09. The Bertz CT molecular complexity index is 927. The molecule has 0 atom stereocenters. The van der Waals surface area contributed by atoms with Crippen LogP contribution in [0.15, 0.2) is 41.3 Å². The van der Waals surface area contributed by atoms with E-state index in [0.717, 1.165) is 0 Å². The number of barbiturate groups is 1. The number of amides is 4. The molecule has 9 heteroatoms. The molecule has 1 aromatic heterocycles. The first-order valence-corrected chi connectivity index (χ1v) is 8.76. The molecule has 0 radical (unpaired) electrons. The summed E-state index contributed by atoms with van der Waals surface area (Å²) >= 11 is 1.26. The van der Waals surface area contributed by atoms with Crippen LogP contribution < -0.4 is 20.1 Å². The summed E-state index contributed by atoms with van der Waals surface area (Å²) in [5, 5.41) is 5.75. The van der Waals surface area contributed by atoms with Gasteiger partial charge in [0.25, 0.3) is 11.8 Å². The molecule has 2 aromatic rings. The van der Waals surface area contributed by atoms with Gasteiger partial charge in [-0.2, -0.15) is 0 Å². The molecule has 0 spiro atoms. The van der Waals surface area contributed by atoms with Crippen LogP contribution in [-0.2, 0) is 9.59 Å². The van der Waals surface area contributed by atoms with Crippen LogP contribution >= 0.6 is 11.3 Å². The highest BCUT2D eigenvalue weighted by Crippen LogP contribution is 2.30. The number of imide groups is 2. The van der Waals surface area contributed by atoms with Crippen LogP contribution in [0.25, 0.3) is 6.08 Å². The van der Waals surface area contributed by atoms with Crippen LogP contribution in [0.3, 0.4) is 0 Å². The van der Waals surface area contributed by atoms with E-state index in [1.54, 1.807) is 30.5 Å². The van der Waals surface area contributed by atoms with Crippen LogP contribution in [0.5, 0.6) is 11.5 Å². The van der Waals surface area contributed by atoms with E-state index < -0.39 is 23.8 Å². The fourth-order valence-electron chi connectivity index (χ4n) is 2.28. The van der Waals surface area contributed by atoms with Crippen molar-refractivity contribution in [1.82, 2.24) is 10.6 Å². The van der Waals surface area contributed by atoms with E-state index in [4.69, 9.17) is 9.47 Å². The highest BCUT2D eigenvalue weighted by atomic mass is 32.1. The third kappa shape index (κ3) is 4.21. The van der Waals surface area contributed by atoms with Gasteiger partial charge in [0.05, 0.1) is 6.61 Å². The summed E-state index contributed by atoms with van der Waals surface area (Å²) in [4.78, 5) is 47.3. The maximum Gasteiger partial charge on any atom is 0.353 e. The Labute approximate surface area is 157 Å². The zero-order valence-electron chi connectivity index (χ0n) is 14.1. The van der Waals surface area contributed by atoms with Gasteiger partial charge < -0.3 is 9.47 Å². The number of hydrogen-bond donors (Lipinski definition) is 2. The van der Waals surface area contributed by atoms with Crippen molar-refractivity contribution in [3.63, 3.8) is 0 Å². The maximum absolute atomic E-state index is 12.1. The summed E-state index contributed by atoms with van der Waals surface area (Å²) in [7, 11) is 0. The predicted molar refractivity (Wildman–Crippen MR) is 96.5 cm³/mol. The zero-order chi connectivity index (χ0) is 19.4. The van der Waals surface area contributed by atoms with Crippen molar-refractivity contribution in [3.8, 4) is 11.5 Å². The molecule has 3 rings (SSSR count). The fraction of sp³-hybridized carbons (Fsp3) is 0.111. The van der Waals surface area contributed by atoms with Crippen molar-refractivity contribution in [2.24, 2.45) is 0 Å². The average molecular weight is 386 g/mol. The second-order valence-corrected chi connectivity index (χ2v) is 6.25. The third-order valence-corrected chi connectivity index (χ3v) is 4.30. The molecule has 1 aliphatic heterocycles. The molecular weight excluding hydrogens is 372 g/mol. The Kier molecular flexibility index (Phi) is 5.32. The van der Waals surface area contributed by atoms with E-state index in [2.05, 4.69) is 0 Å². The molecular formula is C18H14N2O6S. The van der Waals surface area contributed by atoms with Gasteiger partial charge in [-0.15, -0.1) is 11.3 Å². The van der Waals surface area contributed by atoms with Crippen molar-refractivity contribution in [3.05, 3.63) is 51.7 Å². The summed E-state index contributed by atoms with van der Waals surface area (Å²) in [6.07, 6.45) is 1.31. The molecule has 4 amide bonds. The minimum absolute atomic E-state index is 0.213. The number of hydrogen-bond acceptors (Lipinski definition) is 7. The Morgan fingerprint density at radius 1 is 1.11 bits per heavy atom. The van der Waals surface area contributed by atoms with Crippen molar-refractivity contribution in [1.29, 1.82) is 0 Å².